The Morgan fingerprint density at radius 2 is 1.38 bits per heavy atom. The van der Waals surface area contributed by atoms with Crippen molar-refractivity contribution in [3.05, 3.63) is 71.8 Å². The summed E-state index contributed by atoms with van der Waals surface area (Å²) in [5.41, 5.74) is 1.79. The third-order valence-electron chi connectivity index (χ3n) is 4.10. The number of unbranched alkanes of at least 4 members (excludes halogenated alkanes) is 1. The fourth-order valence-electron chi connectivity index (χ4n) is 2.54. The first-order chi connectivity index (χ1) is 14.2. The van der Waals surface area contributed by atoms with E-state index in [1.165, 1.54) is 0 Å². The molecule has 0 aliphatic heterocycles. The molecule has 154 valence electrons. The maximum absolute atomic E-state index is 11.8. The Kier molecular flexibility index (Phi) is 9.79. The number of ether oxygens (including phenoxy) is 2. The summed E-state index contributed by atoms with van der Waals surface area (Å²) in [7, 11) is 0. The van der Waals surface area contributed by atoms with E-state index in [1.54, 1.807) is 0 Å². The average Bonchev–Trinajstić information content (AvgIpc) is 2.76. The van der Waals surface area contributed by atoms with Crippen LogP contribution >= 0.6 is 0 Å². The van der Waals surface area contributed by atoms with Gasteiger partial charge in [-0.15, -0.1) is 0 Å². The molecule has 0 aliphatic carbocycles. The molecule has 2 amide bonds. The second-order valence-electron chi connectivity index (χ2n) is 6.43. The van der Waals surface area contributed by atoms with Gasteiger partial charge in [-0.2, -0.15) is 0 Å². The Hall–Kier alpha value is -3.35. The van der Waals surface area contributed by atoms with Gasteiger partial charge >= 0.3 is 12.2 Å². The van der Waals surface area contributed by atoms with Crippen LogP contribution in [0.2, 0.25) is 0 Å². The van der Waals surface area contributed by atoms with Gasteiger partial charge < -0.3 is 24.9 Å². The number of alkyl carbamates (subject to hydrolysis) is 2. The van der Waals surface area contributed by atoms with E-state index in [1.807, 2.05) is 60.7 Å². The van der Waals surface area contributed by atoms with Crippen molar-refractivity contribution in [2.75, 3.05) is 6.54 Å². The number of aldehydes is 1. The molecule has 1 atom stereocenters. The lowest BCUT2D eigenvalue weighted by atomic mass is 10.1. The molecular weight excluding hydrogens is 372 g/mol. The van der Waals surface area contributed by atoms with Gasteiger partial charge in [0.15, 0.2) is 0 Å². The molecule has 0 fully saturated rings. The Labute approximate surface area is 170 Å². The van der Waals surface area contributed by atoms with E-state index in [4.69, 9.17) is 9.47 Å². The van der Waals surface area contributed by atoms with Crippen molar-refractivity contribution in [2.24, 2.45) is 0 Å². The Bertz CT molecular complexity index is 752. The van der Waals surface area contributed by atoms with Crippen molar-refractivity contribution in [1.82, 2.24) is 10.6 Å². The normalized spacial score (nSPS) is 11.2. The van der Waals surface area contributed by atoms with Gasteiger partial charge in [0.1, 0.15) is 19.5 Å². The Morgan fingerprint density at radius 1 is 0.828 bits per heavy atom. The maximum Gasteiger partial charge on any atom is 0.408 e. The van der Waals surface area contributed by atoms with Crippen molar-refractivity contribution in [2.45, 2.75) is 38.5 Å². The number of hydrogen-bond acceptors (Lipinski definition) is 5. The second-order valence-corrected chi connectivity index (χ2v) is 6.43. The Balaban J connectivity index is 1.53. The van der Waals surface area contributed by atoms with Gasteiger partial charge in [-0.3, -0.25) is 0 Å². The van der Waals surface area contributed by atoms with Gasteiger partial charge in [0.25, 0.3) is 0 Å². The van der Waals surface area contributed by atoms with Crippen LogP contribution in [-0.2, 0) is 27.5 Å². The van der Waals surface area contributed by atoms with Crippen LogP contribution in [0.3, 0.4) is 0 Å². The second kappa shape index (κ2) is 12.9. The molecule has 2 aromatic carbocycles. The minimum absolute atomic E-state index is 0.146. The molecule has 0 bridgehead atoms. The van der Waals surface area contributed by atoms with Crippen LogP contribution in [0, 0.1) is 0 Å². The smallest absolute Gasteiger partial charge is 0.408 e. The standard InChI is InChI=1S/C22H26N2O5/c25-15-20(24-22(27)29-17-19-11-5-2-6-12-19)13-7-8-14-23-21(26)28-16-18-9-3-1-4-10-18/h1-6,9-12,15,20H,7-8,13-14,16-17H2,(H,23,26)(H,24,27)/t20-/m1/s1. The summed E-state index contributed by atoms with van der Waals surface area (Å²) in [5.74, 6) is 0. The largest absolute Gasteiger partial charge is 0.445 e. The summed E-state index contributed by atoms with van der Waals surface area (Å²) in [6.45, 7) is 0.791. The number of benzene rings is 2. The lowest BCUT2D eigenvalue weighted by Gasteiger charge is -2.13. The van der Waals surface area contributed by atoms with Crippen molar-refractivity contribution >= 4 is 18.5 Å². The van der Waals surface area contributed by atoms with E-state index in [-0.39, 0.29) is 13.2 Å². The van der Waals surface area contributed by atoms with Gasteiger partial charge in [-0.05, 0) is 30.4 Å². The Morgan fingerprint density at radius 3 is 1.93 bits per heavy atom. The molecule has 2 N–H and O–H groups in total. The summed E-state index contributed by atoms with van der Waals surface area (Å²) in [6, 6.07) is 18.1. The molecule has 0 heterocycles. The number of amides is 2. The van der Waals surface area contributed by atoms with Crippen LogP contribution < -0.4 is 10.6 Å². The van der Waals surface area contributed by atoms with E-state index in [0.29, 0.717) is 32.1 Å². The topological polar surface area (TPSA) is 93.7 Å². The molecule has 2 aromatic rings. The molecule has 0 aromatic heterocycles. The summed E-state index contributed by atoms with van der Waals surface area (Å²) >= 11 is 0. The van der Waals surface area contributed by atoms with Gasteiger partial charge in [-0.1, -0.05) is 60.7 Å². The highest BCUT2D eigenvalue weighted by atomic mass is 16.6. The lowest BCUT2D eigenvalue weighted by Crippen LogP contribution is -2.36. The van der Waals surface area contributed by atoms with Crippen molar-refractivity contribution in [3.63, 3.8) is 0 Å². The summed E-state index contributed by atoms with van der Waals surface area (Å²) in [4.78, 5) is 34.6. The summed E-state index contributed by atoms with van der Waals surface area (Å²) in [6.07, 6.45) is 1.35. The molecule has 2 rings (SSSR count). The molecular formula is C22H26N2O5. The zero-order valence-electron chi connectivity index (χ0n) is 16.2. The van der Waals surface area contributed by atoms with Gasteiger partial charge in [0.05, 0.1) is 6.04 Å². The predicted octanol–water partition coefficient (Wildman–Crippen LogP) is 3.58. The number of hydrogen-bond donors (Lipinski definition) is 2. The number of rotatable bonds is 11. The van der Waals surface area contributed by atoms with Crippen molar-refractivity contribution in [3.8, 4) is 0 Å². The lowest BCUT2D eigenvalue weighted by molar-refractivity contribution is -0.109. The van der Waals surface area contributed by atoms with E-state index < -0.39 is 18.2 Å². The highest BCUT2D eigenvalue weighted by molar-refractivity contribution is 5.73. The first kappa shape index (κ1) is 21.9. The number of carbonyl (C=O) groups excluding carboxylic acids is 3. The molecule has 0 radical (unpaired) electrons. The van der Waals surface area contributed by atoms with Crippen LogP contribution in [-0.4, -0.2) is 31.1 Å². The number of nitrogens with one attached hydrogen (secondary N) is 2. The average molecular weight is 398 g/mol. The quantitative estimate of drug-likeness (QED) is 0.446. The van der Waals surface area contributed by atoms with E-state index in [2.05, 4.69) is 10.6 Å². The zero-order valence-corrected chi connectivity index (χ0v) is 16.2. The molecule has 0 unspecified atom stereocenters. The van der Waals surface area contributed by atoms with Crippen LogP contribution in [0.15, 0.2) is 60.7 Å². The molecule has 7 heteroatoms. The van der Waals surface area contributed by atoms with Crippen molar-refractivity contribution < 1.29 is 23.9 Å². The predicted molar refractivity (Wildman–Crippen MR) is 108 cm³/mol. The van der Waals surface area contributed by atoms with Gasteiger partial charge in [0.2, 0.25) is 0 Å². The minimum Gasteiger partial charge on any atom is -0.445 e. The van der Waals surface area contributed by atoms with Crippen LogP contribution in [0.4, 0.5) is 9.59 Å². The fourth-order valence-corrected chi connectivity index (χ4v) is 2.54. The fraction of sp³-hybridized carbons (Fsp3) is 0.318. The van der Waals surface area contributed by atoms with Crippen molar-refractivity contribution in [1.29, 1.82) is 0 Å². The zero-order chi connectivity index (χ0) is 20.7. The highest BCUT2D eigenvalue weighted by Crippen LogP contribution is 2.03. The summed E-state index contributed by atoms with van der Waals surface area (Å²) in [5, 5.41) is 5.20. The first-order valence-electron chi connectivity index (χ1n) is 9.54. The van der Waals surface area contributed by atoms with Crippen LogP contribution in [0.5, 0.6) is 0 Å². The van der Waals surface area contributed by atoms with Crippen LogP contribution in [0.1, 0.15) is 30.4 Å². The third kappa shape index (κ3) is 9.41. The molecule has 0 saturated carbocycles. The molecule has 7 nitrogen and oxygen atoms in total. The summed E-state index contributed by atoms with van der Waals surface area (Å²) < 4.78 is 10.2. The maximum atomic E-state index is 11.8. The molecule has 0 saturated heterocycles. The van der Waals surface area contributed by atoms with E-state index in [0.717, 1.165) is 11.1 Å². The highest BCUT2D eigenvalue weighted by Gasteiger charge is 2.12. The molecule has 0 spiro atoms. The van der Waals surface area contributed by atoms with Gasteiger partial charge in [-0.25, -0.2) is 9.59 Å². The number of carbonyl (C=O) groups is 3. The minimum atomic E-state index is -0.631. The van der Waals surface area contributed by atoms with E-state index >= 15 is 0 Å². The monoisotopic (exact) mass is 398 g/mol. The van der Waals surface area contributed by atoms with Crippen LogP contribution in [0.25, 0.3) is 0 Å². The third-order valence-corrected chi connectivity index (χ3v) is 4.10. The molecule has 0 aliphatic rings. The SMILES string of the molecule is O=C[C@@H](CCCCNC(=O)OCc1ccccc1)NC(=O)OCc1ccccc1. The first-order valence-corrected chi connectivity index (χ1v) is 9.54. The molecule has 29 heavy (non-hydrogen) atoms. The van der Waals surface area contributed by atoms with Gasteiger partial charge in [0, 0.05) is 6.54 Å². The van der Waals surface area contributed by atoms with E-state index in [9.17, 15) is 14.4 Å².